The number of benzene rings is 2. The molecule has 1 aliphatic rings. The van der Waals surface area contributed by atoms with Gasteiger partial charge in [-0.1, -0.05) is 12.1 Å². The van der Waals surface area contributed by atoms with Crippen molar-refractivity contribution in [2.24, 2.45) is 0 Å². The molecule has 20 heavy (non-hydrogen) atoms. The van der Waals surface area contributed by atoms with Crippen LogP contribution in [0.5, 0.6) is 11.5 Å². The Morgan fingerprint density at radius 3 is 2.25 bits per heavy atom. The standard InChI is InChI=1S/C9H9FO2.C6H5FO/c10-7-2-1-3-8(4-7)11-5-9-6-12-9;7-5-2-1-3-6(8)4-5/h1-4,9H,5-6H2;1-4,8H. The van der Waals surface area contributed by atoms with Crippen LogP contribution in [0.4, 0.5) is 8.78 Å². The minimum Gasteiger partial charge on any atom is -0.508 e. The Kier molecular flexibility index (Phi) is 4.90. The zero-order chi connectivity index (χ0) is 14.4. The van der Waals surface area contributed by atoms with Crippen molar-refractivity contribution >= 4 is 0 Å². The third-order valence-corrected chi connectivity index (χ3v) is 2.44. The molecule has 0 radical (unpaired) electrons. The van der Waals surface area contributed by atoms with Gasteiger partial charge in [0, 0.05) is 12.1 Å². The summed E-state index contributed by atoms with van der Waals surface area (Å²) in [5, 5.41) is 8.57. The Morgan fingerprint density at radius 1 is 1.10 bits per heavy atom. The van der Waals surface area contributed by atoms with Crippen LogP contribution in [0, 0.1) is 11.6 Å². The molecule has 0 aromatic heterocycles. The maximum Gasteiger partial charge on any atom is 0.126 e. The van der Waals surface area contributed by atoms with Crippen LogP contribution in [0.3, 0.4) is 0 Å². The maximum atomic E-state index is 12.6. The molecule has 106 valence electrons. The molecule has 0 amide bonds. The quantitative estimate of drug-likeness (QED) is 0.878. The van der Waals surface area contributed by atoms with Gasteiger partial charge in [-0.2, -0.15) is 0 Å². The van der Waals surface area contributed by atoms with E-state index in [4.69, 9.17) is 14.6 Å². The fourth-order valence-corrected chi connectivity index (χ4v) is 1.39. The summed E-state index contributed by atoms with van der Waals surface area (Å²) < 4.78 is 34.8. The van der Waals surface area contributed by atoms with Crippen molar-refractivity contribution in [3.8, 4) is 11.5 Å². The second-order valence-corrected chi connectivity index (χ2v) is 4.20. The second-order valence-electron chi connectivity index (χ2n) is 4.20. The molecule has 1 heterocycles. The Labute approximate surface area is 115 Å². The first-order valence-electron chi connectivity index (χ1n) is 6.08. The van der Waals surface area contributed by atoms with Crippen molar-refractivity contribution in [3.63, 3.8) is 0 Å². The SMILES string of the molecule is Fc1cccc(OCC2CO2)c1.Oc1cccc(F)c1. The molecular weight excluding hydrogens is 266 g/mol. The molecule has 5 heteroatoms. The first-order chi connectivity index (χ1) is 9.63. The van der Waals surface area contributed by atoms with Crippen LogP contribution in [-0.2, 0) is 4.74 Å². The van der Waals surface area contributed by atoms with Crippen LogP contribution in [-0.4, -0.2) is 24.4 Å². The van der Waals surface area contributed by atoms with Gasteiger partial charge in [-0.3, -0.25) is 0 Å². The number of hydrogen-bond donors (Lipinski definition) is 1. The molecule has 3 nitrogen and oxygen atoms in total. The van der Waals surface area contributed by atoms with Crippen LogP contribution in [0.2, 0.25) is 0 Å². The molecule has 0 bridgehead atoms. The lowest BCUT2D eigenvalue weighted by Gasteiger charge is -2.02. The Balaban J connectivity index is 0.000000160. The van der Waals surface area contributed by atoms with Gasteiger partial charge >= 0.3 is 0 Å². The largest absolute Gasteiger partial charge is 0.508 e. The van der Waals surface area contributed by atoms with E-state index in [0.717, 1.165) is 12.7 Å². The number of rotatable bonds is 3. The van der Waals surface area contributed by atoms with E-state index < -0.39 is 5.82 Å². The lowest BCUT2D eigenvalue weighted by atomic mass is 10.3. The molecule has 3 rings (SSSR count). The van der Waals surface area contributed by atoms with Crippen LogP contribution < -0.4 is 4.74 Å². The maximum absolute atomic E-state index is 12.6. The van der Waals surface area contributed by atoms with Crippen molar-refractivity contribution in [2.45, 2.75) is 6.10 Å². The number of epoxide rings is 1. The minimum absolute atomic E-state index is 0.0370. The summed E-state index contributed by atoms with van der Waals surface area (Å²) in [4.78, 5) is 0. The minimum atomic E-state index is -0.412. The molecule has 2 aromatic carbocycles. The van der Waals surface area contributed by atoms with Gasteiger partial charge in [-0.05, 0) is 24.3 Å². The highest BCUT2D eigenvalue weighted by molar-refractivity contribution is 5.22. The van der Waals surface area contributed by atoms with E-state index in [-0.39, 0.29) is 17.7 Å². The van der Waals surface area contributed by atoms with E-state index in [1.54, 1.807) is 12.1 Å². The van der Waals surface area contributed by atoms with Crippen molar-refractivity contribution in [3.05, 3.63) is 60.2 Å². The molecule has 0 spiro atoms. The number of halogens is 2. The first-order valence-corrected chi connectivity index (χ1v) is 6.08. The first kappa shape index (κ1) is 14.3. The van der Waals surface area contributed by atoms with E-state index in [1.165, 1.54) is 30.3 Å². The van der Waals surface area contributed by atoms with Crippen LogP contribution in [0.15, 0.2) is 48.5 Å². The monoisotopic (exact) mass is 280 g/mol. The van der Waals surface area contributed by atoms with E-state index >= 15 is 0 Å². The predicted molar refractivity (Wildman–Crippen MR) is 69.7 cm³/mol. The molecule has 1 saturated heterocycles. The summed E-state index contributed by atoms with van der Waals surface area (Å²) >= 11 is 0. The number of phenols is 1. The highest BCUT2D eigenvalue weighted by Gasteiger charge is 2.22. The zero-order valence-electron chi connectivity index (χ0n) is 10.6. The van der Waals surface area contributed by atoms with Gasteiger partial charge < -0.3 is 14.6 Å². The van der Waals surface area contributed by atoms with E-state index in [9.17, 15) is 8.78 Å². The highest BCUT2D eigenvalue weighted by Crippen LogP contribution is 2.15. The smallest absolute Gasteiger partial charge is 0.126 e. The summed E-state index contributed by atoms with van der Waals surface area (Å²) in [6, 6.07) is 11.3. The van der Waals surface area contributed by atoms with Gasteiger partial charge in [0.05, 0.1) is 6.61 Å². The normalized spacial score (nSPS) is 16.0. The summed E-state index contributed by atoms with van der Waals surface area (Å²) in [6.07, 6.45) is 0.216. The van der Waals surface area contributed by atoms with Crippen molar-refractivity contribution in [2.75, 3.05) is 13.2 Å². The fraction of sp³-hybridized carbons (Fsp3) is 0.200. The molecule has 0 aliphatic carbocycles. The molecule has 1 aliphatic heterocycles. The summed E-state index contributed by atoms with van der Waals surface area (Å²) in [6.45, 7) is 1.28. The third-order valence-electron chi connectivity index (χ3n) is 2.44. The van der Waals surface area contributed by atoms with Gasteiger partial charge in [0.2, 0.25) is 0 Å². The van der Waals surface area contributed by atoms with E-state index in [1.807, 2.05) is 0 Å². The van der Waals surface area contributed by atoms with E-state index in [0.29, 0.717) is 12.4 Å². The van der Waals surface area contributed by atoms with E-state index in [2.05, 4.69) is 0 Å². The fourth-order valence-electron chi connectivity index (χ4n) is 1.39. The summed E-state index contributed by atoms with van der Waals surface area (Å²) in [5.74, 6) is -0.162. The van der Waals surface area contributed by atoms with Crippen LogP contribution in [0.1, 0.15) is 0 Å². The van der Waals surface area contributed by atoms with Crippen molar-refractivity contribution in [1.82, 2.24) is 0 Å². The average Bonchev–Trinajstić information content (AvgIpc) is 3.21. The highest BCUT2D eigenvalue weighted by atomic mass is 19.1. The molecule has 1 atom stereocenters. The lowest BCUT2D eigenvalue weighted by molar-refractivity contribution is 0.262. The summed E-state index contributed by atoms with van der Waals surface area (Å²) in [5.41, 5.74) is 0. The molecule has 0 saturated carbocycles. The Hall–Kier alpha value is -2.14. The molecule has 1 N–H and O–H groups in total. The number of aromatic hydroxyl groups is 1. The predicted octanol–water partition coefficient (Wildman–Crippen LogP) is 3.13. The van der Waals surface area contributed by atoms with Gasteiger partial charge in [-0.15, -0.1) is 0 Å². The molecule has 1 unspecified atom stereocenters. The summed E-state index contributed by atoms with van der Waals surface area (Å²) in [7, 11) is 0. The third kappa shape index (κ3) is 5.24. The topological polar surface area (TPSA) is 42.0 Å². The van der Waals surface area contributed by atoms with Gasteiger partial charge in [-0.25, -0.2) is 8.78 Å². The number of phenolic OH excluding ortho intramolecular Hbond substituents is 1. The lowest BCUT2D eigenvalue weighted by Crippen LogP contribution is -2.03. The van der Waals surface area contributed by atoms with Crippen molar-refractivity contribution in [1.29, 1.82) is 0 Å². The molecule has 2 aromatic rings. The Morgan fingerprint density at radius 2 is 1.75 bits per heavy atom. The molecular formula is C15H14F2O3. The van der Waals surface area contributed by atoms with Gasteiger partial charge in [0.1, 0.15) is 35.8 Å². The van der Waals surface area contributed by atoms with Crippen LogP contribution >= 0.6 is 0 Å². The number of hydrogen-bond acceptors (Lipinski definition) is 3. The van der Waals surface area contributed by atoms with Gasteiger partial charge in [0.15, 0.2) is 0 Å². The van der Waals surface area contributed by atoms with Crippen LogP contribution in [0.25, 0.3) is 0 Å². The average molecular weight is 280 g/mol. The van der Waals surface area contributed by atoms with Gasteiger partial charge in [0.25, 0.3) is 0 Å². The number of ether oxygens (including phenoxy) is 2. The second kappa shape index (κ2) is 6.86. The molecule has 1 fully saturated rings. The van der Waals surface area contributed by atoms with Crippen molar-refractivity contribution < 1.29 is 23.4 Å². The Bertz CT molecular complexity index is 539. The zero-order valence-corrected chi connectivity index (χ0v) is 10.6.